The number of Topliss-reactive ketones (excluding diaryl/α,β-unsaturated/α-hetero) is 1. The highest BCUT2D eigenvalue weighted by Gasteiger charge is 2.60. The molecule has 4 unspecified atom stereocenters. The van der Waals surface area contributed by atoms with Crippen LogP contribution in [0.4, 0.5) is 0 Å². The zero-order chi connectivity index (χ0) is 29.4. The van der Waals surface area contributed by atoms with Gasteiger partial charge in [-0.1, -0.05) is 0 Å². The Morgan fingerprint density at radius 2 is 1.88 bits per heavy atom. The molecule has 40 heavy (non-hydrogen) atoms. The number of rotatable bonds is 6. The topological polar surface area (TPSA) is 145 Å². The van der Waals surface area contributed by atoms with Gasteiger partial charge in [0.05, 0.1) is 23.1 Å². The van der Waals surface area contributed by atoms with Gasteiger partial charge in [-0.15, -0.1) is 0 Å². The first kappa shape index (κ1) is 28.5. The molecular weight excluding hydrogens is 516 g/mol. The fourth-order valence-corrected chi connectivity index (χ4v) is 5.48. The summed E-state index contributed by atoms with van der Waals surface area (Å²) in [5.41, 5.74) is -2.36. The van der Waals surface area contributed by atoms with Gasteiger partial charge < -0.3 is 18.6 Å². The minimum atomic E-state index is -1.35. The number of ketones is 1. The average Bonchev–Trinajstić information content (AvgIpc) is 2.88. The maximum atomic E-state index is 13.9. The summed E-state index contributed by atoms with van der Waals surface area (Å²) in [6.45, 7) is 11.5. The van der Waals surface area contributed by atoms with E-state index in [9.17, 15) is 19.2 Å². The molecule has 2 aliphatic rings. The Labute approximate surface area is 231 Å². The number of nitrogens with zero attached hydrogens (tertiary/aromatic N) is 2. The zero-order valence-corrected chi connectivity index (χ0v) is 23.0. The summed E-state index contributed by atoms with van der Waals surface area (Å²) >= 11 is 0. The van der Waals surface area contributed by atoms with Crippen molar-refractivity contribution in [2.75, 3.05) is 0 Å². The second kappa shape index (κ2) is 10.6. The van der Waals surface area contributed by atoms with Crippen LogP contribution in [0.15, 0.2) is 50.7 Å². The summed E-state index contributed by atoms with van der Waals surface area (Å²) < 4.78 is 23.4. The highest BCUT2D eigenvalue weighted by Crippen LogP contribution is 2.50. The lowest BCUT2D eigenvalue weighted by Gasteiger charge is -2.52. The van der Waals surface area contributed by atoms with Crippen molar-refractivity contribution in [3.05, 3.63) is 69.4 Å². The molecule has 2 aromatic rings. The van der Waals surface area contributed by atoms with Crippen LogP contribution in [0.25, 0.3) is 5.57 Å². The smallest absolute Gasteiger partial charge is 0.351 e. The third-order valence-electron chi connectivity index (χ3n) is 7.72. The van der Waals surface area contributed by atoms with Crippen LogP contribution in [0, 0.1) is 23.2 Å². The van der Waals surface area contributed by atoms with Gasteiger partial charge in [0.2, 0.25) is 0 Å². The van der Waals surface area contributed by atoms with E-state index in [1.165, 1.54) is 43.5 Å². The predicted octanol–water partition coefficient (Wildman–Crippen LogP) is 4.50. The van der Waals surface area contributed by atoms with Crippen LogP contribution >= 0.6 is 0 Å². The number of fused-ring (bicyclic) bond motifs is 2. The highest BCUT2D eigenvalue weighted by molar-refractivity contribution is 6.02. The minimum Gasteiger partial charge on any atom is -0.482 e. The van der Waals surface area contributed by atoms with Crippen LogP contribution in [0.2, 0.25) is 0 Å². The molecular formula is C30H30N2O8. The first-order chi connectivity index (χ1) is 18.8. The van der Waals surface area contributed by atoms with E-state index in [4.69, 9.17) is 23.9 Å². The maximum Gasteiger partial charge on any atom is 0.351 e. The Morgan fingerprint density at radius 3 is 2.48 bits per heavy atom. The molecule has 0 spiro atoms. The molecule has 0 radical (unpaired) electrons. The van der Waals surface area contributed by atoms with Crippen LogP contribution in [0.1, 0.15) is 79.5 Å². The van der Waals surface area contributed by atoms with Crippen molar-refractivity contribution in [2.24, 2.45) is 16.8 Å². The van der Waals surface area contributed by atoms with Gasteiger partial charge in [0, 0.05) is 30.7 Å². The van der Waals surface area contributed by atoms with E-state index >= 15 is 0 Å². The van der Waals surface area contributed by atoms with Gasteiger partial charge in [-0.2, -0.15) is 5.26 Å². The Balaban J connectivity index is 1.79. The molecule has 1 fully saturated rings. The van der Waals surface area contributed by atoms with Crippen molar-refractivity contribution >= 4 is 30.0 Å². The van der Waals surface area contributed by atoms with Gasteiger partial charge in [-0.25, -0.2) is 9.59 Å². The summed E-state index contributed by atoms with van der Waals surface area (Å²) in [5.74, 6) is -2.83. The Bertz CT molecular complexity index is 1510. The van der Waals surface area contributed by atoms with Crippen molar-refractivity contribution in [1.29, 1.82) is 5.26 Å². The lowest BCUT2D eigenvalue weighted by molar-refractivity contribution is -0.173. The number of carbonyl (C=O) groups excluding carboxylic acids is 3. The van der Waals surface area contributed by atoms with Gasteiger partial charge >= 0.3 is 17.6 Å². The summed E-state index contributed by atoms with van der Waals surface area (Å²) in [5, 5.41) is 9.08. The number of nitriles is 1. The van der Waals surface area contributed by atoms with E-state index < -0.39 is 52.5 Å². The molecule has 1 aliphatic heterocycles. The van der Waals surface area contributed by atoms with Crippen LogP contribution in [-0.4, -0.2) is 41.7 Å². The standard InChI is InChI=1S/C30H30N2O8/c1-16(15-32-6)22-13-23-25(28(36)37-22)26(34)21-11-20(29(3,4)39-17(2)33)12-24(30(21,5)40-23)38-27(35)19-9-7-18(14-31)8-10-19/h7-10,13,15,20-21,24H,6,11-12H2,1-5H3/b16-15+. The Morgan fingerprint density at radius 1 is 1.20 bits per heavy atom. The number of aliphatic imine (C=N–C) groups is 1. The normalized spacial score (nSPS) is 24.1. The molecule has 4 atom stereocenters. The molecule has 1 aromatic carbocycles. The van der Waals surface area contributed by atoms with Crippen molar-refractivity contribution in [3.8, 4) is 11.8 Å². The fourth-order valence-electron chi connectivity index (χ4n) is 5.48. The van der Waals surface area contributed by atoms with Crippen LogP contribution in [0.5, 0.6) is 5.75 Å². The summed E-state index contributed by atoms with van der Waals surface area (Å²) in [6.07, 6.45) is 0.865. The van der Waals surface area contributed by atoms with E-state index in [0.29, 0.717) is 11.1 Å². The summed E-state index contributed by atoms with van der Waals surface area (Å²) in [6, 6.07) is 9.40. The number of hydrogen-bond donors (Lipinski definition) is 0. The van der Waals surface area contributed by atoms with Gasteiger partial charge in [-0.3, -0.25) is 14.6 Å². The number of carbonyl (C=O) groups is 3. The average molecular weight is 547 g/mol. The molecule has 0 saturated heterocycles. The monoisotopic (exact) mass is 546 g/mol. The summed E-state index contributed by atoms with van der Waals surface area (Å²) in [7, 11) is 0. The predicted molar refractivity (Wildman–Crippen MR) is 144 cm³/mol. The van der Waals surface area contributed by atoms with Crippen molar-refractivity contribution < 1.29 is 33.0 Å². The van der Waals surface area contributed by atoms with E-state index in [-0.39, 0.29) is 35.5 Å². The van der Waals surface area contributed by atoms with Crippen molar-refractivity contribution in [3.63, 3.8) is 0 Å². The molecule has 0 N–H and O–H groups in total. The maximum absolute atomic E-state index is 13.9. The summed E-state index contributed by atoms with van der Waals surface area (Å²) in [4.78, 5) is 55.7. The molecule has 10 heteroatoms. The third-order valence-corrected chi connectivity index (χ3v) is 7.72. The molecule has 10 nitrogen and oxygen atoms in total. The van der Waals surface area contributed by atoms with E-state index in [2.05, 4.69) is 11.7 Å². The molecule has 2 heterocycles. The lowest BCUT2D eigenvalue weighted by atomic mass is 9.62. The van der Waals surface area contributed by atoms with Crippen LogP contribution < -0.4 is 10.4 Å². The van der Waals surface area contributed by atoms with Crippen molar-refractivity contribution in [1.82, 2.24) is 0 Å². The first-order valence-corrected chi connectivity index (χ1v) is 12.8. The van der Waals surface area contributed by atoms with E-state index in [1.807, 2.05) is 6.07 Å². The largest absolute Gasteiger partial charge is 0.482 e. The van der Waals surface area contributed by atoms with E-state index in [1.54, 1.807) is 27.7 Å². The quantitative estimate of drug-likeness (QED) is 0.377. The number of ether oxygens (including phenoxy) is 3. The molecule has 1 aliphatic carbocycles. The second-order valence-corrected chi connectivity index (χ2v) is 10.8. The highest BCUT2D eigenvalue weighted by atomic mass is 16.6. The number of allylic oxidation sites excluding steroid dienone is 1. The van der Waals surface area contributed by atoms with Gasteiger partial charge in [-0.05, 0) is 71.5 Å². The minimum absolute atomic E-state index is 0.0175. The van der Waals surface area contributed by atoms with Crippen molar-refractivity contribution in [2.45, 2.75) is 64.8 Å². The number of benzene rings is 1. The van der Waals surface area contributed by atoms with Gasteiger partial charge in [0.15, 0.2) is 11.4 Å². The molecule has 1 saturated carbocycles. The van der Waals surface area contributed by atoms with Gasteiger partial charge in [0.25, 0.3) is 0 Å². The lowest BCUT2D eigenvalue weighted by Crippen LogP contribution is -2.63. The Hall–Kier alpha value is -4.52. The first-order valence-electron chi connectivity index (χ1n) is 12.8. The fraction of sp³-hybridized carbons (Fsp3) is 0.400. The van der Waals surface area contributed by atoms with E-state index in [0.717, 1.165) is 0 Å². The molecule has 0 bridgehead atoms. The zero-order valence-electron chi connectivity index (χ0n) is 23.0. The van der Waals surface area contributed by atoms with Gasteiger partial charge in [0.1, 0.15) is 28.8 Å². The number of esters is 2. The van der Waals surface area contributed by atoms with Crippen LogP contribution in [0.3, 0.4) is 0 Å². The Kier molecular flexibility index (Phi) is 7.52. The molecule has 1 aromatic heterocycles. The third kappa shape index (κ3) is 5.19. The second-order valence-electron chi connectivity index (χ2n) is 10.8. The van der Waals surface area contributed by atoms with Crippen LogP contribution in [-0.2, 0) is 14.3 Å². The molecule has 0 amide bonds. The number of hydrogen-bond acceptors (Lipinski definition) is 10. The molecule has 4 rings (SSSR count). The SMILES string of the molecule is C=N/C=C(\C)c1cc2c(c(=O)o1)C(=O)C1CC(C(C)(C)OC(C)=O)CC(OC(=O)c3ccc(C#N)cc3)C1(C)O2. The molecule has 208 valence electrons.